The summed E-state index contributed by atoms with van der Waals surface area (Å²) in [4.78, 5) is 33.1. The number of carbonyl (C=O) groups excluding carboxylic acids is 2. The number of halogens is 5. The Labute approximate surface area is 365 Å². The van der Waals surface area contributed by atoms with Crippen LogP contribution >= 0.6 is 0 Å². The van der Waals surface area contributed by atoms with Crippen molar-refractivity contribution in [1.29, 1.82) is 0 Å². The number of sulfone groups is 1. The van der Waals surface area contributed by atoms with E-state index in [1.54, 1.807) is 24.3 Å². The number of ether oxygens (including phenoxy) is 1. The molecule has 63 heavy (non-hydrogen) atoms. The Morgan fingerprint density at radius 2 is 1.48 bits per heavy atom. The van der Waals surface area contributed by atoms with Crippen LogP contribution < -0.4 is 10.2 Å². The zero-order chi connectivity index (χ0) is 44.8. The fraction of sp³-hybridized carbons (Fsp3) is 0.565. The van der Waals surface area contributed by atoms with Crippen LogP contribution in [0.15, 0.2) is 82.6 Å². The zero-order valence-electron chi connectivity index (χ0n) is 35.5. The van der Waals surface area contributed by atoms with Crippen LogP contribution in [0.1, 0.15) is 67.3 Å². The molecule has 2 amide bonds. The largest absolute Gasteiger partial charge is 0.453 e. The Hall–Kier alpha value is -4.32. The van der Waals surface area contributed by atoms with Crippen molar-refractivity contribution in [2.45, 2.75) is 90.1 Å². The third-order valence-corrected chi connectivity index (χ3v) is 16.3. The van der Waals surface area contributed by atoms with E-state index in [0.717, 1.165) is 63.7 Å². The third-order valence-electron chi connectivity index (χ3n) is 14.6. The minimum absolute atomic E-state index is 0.0103. The van der Waals surface area contributed by atoms with Gasteiger partial charge in [-0.2, -0.15) is 13.2 Å². The van der Waals surface area contributed by atoms with Gasteiger partial charge in [0.25, 0.3) is 5.91 Å². The summed E-state index contributed by atoms with van der Waals surface area (Å²) in [6.45, 7) is 4.05. The second kappa shape index (κ2) is 17.6. The zero-order valence-corrected chi connectivity index (χ0v) is 36.3. The molecular weight excluding hydrogens is 846 g/mol. The summed E-state index contributed by atoms with van der Waals surface area (Å²) in [7, 11) is -2.63. The average Bonchev–Trinajstić information content (AvgIpc) is 3.70. The quantitative estimate of drug-likeness (QED) is 0.194. The van der Waals surface area contributed by atoms with E-state index in [0.29, 0.717) is 18.8 Å². The van der Waals surface area contributed by atoms with Crippen molar-refractivity contribution >= 4 is 27.5 Å². The van der Waals surface area contributed by atoms with E-state index >= 15 is 8.78 Å². The summed E-state index contributed by atoms with van der Waals surface area (Å²) in [5.41, 5.74) is -2.98. The predicted molar refractivity (Wildman–Crippen MR) is 225 cm³/mol. The van der Waals surface area contributed by atoms with Crippen molar-refractivity contribution in [3.8, 4) is 0 Å². The molecule has 0 unspecified atom stereocenters. The Morgan fingerprint density at radius 1 is 0.841 bits per heavy atom. The van der Waals surface area contributed by atoms with Crippen molar-refractivity contribution in [2.75, 3.05) is 77.5 Å². The molecule has 5 fully saturated rings. The number of aliphatic hydroxyl groups is 1. The standard InChI is InChI=1S/C46H56F5N5O6S/c1-62-42(58)52-40-8-3-7-39(40)45(31-53-21-4-22-53,34-5-2-6-35(47)27-34)33-17-23-54(24-18-33)28-43(48)29-56(30-43)36-11-15-38(16-12-36)63(60,61)37-13-9-32(10-14-37)41(57)55-25-19-44(59,20-26-55)46(49,50)51/h2,5-6,9-16,27,33,39-40,59H,3-4,7-8,17-26,28-31H2,1H3,(H,52,58)/t39-,40-,45-/m0/s1. The molecule has 4 aliphatic heterocycles. The lowest BCUT2D eigenvalue weighted by Gasteiger charge is -2.54. The van der Waals surface area contributed by atoms with E-state index in [2.05, 4.69) is 15.1 Å². The number of alkyl halides is 4. The second-order valence-corrected chi connectivity index (χ2v) is 20.3. The minimum atomic E-state index is -4.80. The minimum Gasteiger partial charge on any atom is -0.453 e. The van der Waals surface area contributed by atoms with Gasteiger partial charge < -0.3 is 29.9 Å². The Bertz CT molecular complexity index is 2220. The number of hydrogen-bond acceptors (Lipinski definition) is 9. The van der Waals surface area contributed by atoms with Gasteiger partial charge in [0.15, 0.2) is 11.3 Å². The van der Waals surface area contributed by atoms with Gasteiger partial charge in [0.1, 0.15) is 5.82 Å². The molecule has 17 heteroatoms. The number of nitrogens with zero attached hydrogens (tertiary/aromatic N) is 4. The van der Waals surface area contributed by atoms with Crippen LogP contribution in [-0.4, -0.2) is 136 Å². The van der Waals surface area contributed by atoms with Crippen LogP contribution in [0.5, 0.6) is 0 Å². The first-order valence-corrected chi connectivity index (χ1v) is 23.4. The molecule has 0 radical (unpaired) electrons. The monoisotopic (exact) mass is 901 g/mol. The number of benzene rings is 3. The van der Waals surface area contributed by atoms with Crippen molar-refractivity contribution < 1.29 is 49.8 Å². The molecule has 2 N–H and O–H groups in total. The maximum absolute atomic E-state index is 16.4. The van der Waals surface area contributed by atoms with Gasteiger partial charge in [0.05, 0.1) is 30.0 Å². The van der Waals surface area contributed by atoms with Crippen molar-refractivity contribution in [3.05, 3.63) is 89.7 Å². The molecule has 3 aromatic rings. The topological polar surface area (TPSA) is 123 Å². The van der Waals surface area contributed by atoms with Crippen molar-refractivity contribution in [2.24, 2.45) is 11.8 Å². The van der Waals surface area contributed by atoms with E-state index < -0.39 is 57.5 Å². The number of hydrogen-bond donors (Lipinski definition) is 2. The molecule has 0 spiro atoms. The van der Waals surface area contributed by atoms with Crippen LogP contribution in [0.4, 0.5) is 32.4 Å². The van der Waals surface area contributed by atoms with Gasteiger partial charge >= 0.3 is 12.3 Å². The summed E-state index contributed by atoms with van der Waals surface area (Å²) >= 11 is 0. The Kier molecular flexibility index (Phi) is 12.6. The lowest BCUT2D eigenvalue weighted by atomic mass is 9.57. The van der Waals surface area contributed by atoms with Crippen LogP contribution in [-0.2, 0) is 20.0 Å². The van der Waals surface area contributed by atoms with Gasteiger partial charge in [-0.15, -0.1) is 0 Å². The Morgan fingerprint density at radius 3 is 2.05 bits per heavy atom. The maximum Gasteiger partial charge on any atom is 0.417 e. The summed E-state index contributed by atoms with van der Waals surface area (Å²) < 4.78 is 103. The smallest absolute Gasteiger partial charge is 0.417 e. The molecule has 11 nitrogen and oxygen atoms in total. The van der Waals surface area contributed by atoms with Gasteiger partial charge in [0.2, 0.25) is 9.84 Å². The molecule has 4 heterocycles. The van der Waals surface area contributed by atoms with Gasteiger partial charge in [0, 0.05) is 61.7 Å². The fourth-order valence-corrected chi connectivity index (χ4v) is 12.2. The molecular formula is C46H56F5N5O6S. The molecule has 3 atom stereocenters. The molecule has 8 rings (SSSR count). The van der Waals surface area contributed by atoms with E-state index in [4.69, 9.17) is 4.74 Å². The molecule has 4 saturated heterocycles. The number of methoxy groups -OCH3 is 1. The number of piperidine rings is 2. The normalized spacial score (nSPS) is 24.2. The fourth-order valence-electron chi connectivity index (χ4n) is 11.0. The lowest BCUT2D eigenvalue weighted by molar-refractivity contribution is -0.271. The number of anilines is 1. The maximum atomic E-state index is 16.4. The first-order valence-electron chi connectivity index (χ1n) is 22.0. The number of likely N-dealkylation sites (tertiary alicyclic amines) is 3. The van der Waals surface area contributed by atoms with Gasteiger partial charge in [-0.1, -0.05) is 18.6 Å². The average molecular weight is 902 g/mol. The lowest BCUT2D eigenvalue weighted by Crippen LogP contribution is -2.65. The second-order valence-electron chi connectivity index (χ2n) is 18.4. The van der Waals surface area contributed by atoms with Crippen molar-refractivity contribution in [1.82, 2.24) is 20.0 Å². The number of alkyl carbamates (subject to hydrolysis) is 1. The van der Waals surface area contributed by atoms with Crippen molar-refractivity contribution in [3.63, 3.8) is 0 Å². The van der Waals surface area contributed by atoms with E-state index in [1.165, 1.54) is 54.5 Å². The van der Waals surface area contributed by atoms with Gasteiger partial charge in [-0.3, -0.25) is 9.69 Å². The van der Waals surface area contributed by atoms with Crippen LogP contribution in [0.2, 0.25) is 0 Å². The molecule has 0 bridgehead atoms. The number of nitrogens with one attached hydrogen (secondary N) is 1. The SMILES string of the molecule is COC(=O)N[C@H]1CCC[C@@H]1[C@](CN1CCC1)(c1cccc(F)c1)C1CCN(CC2(F)CN(c3ccc(S(=O)(=O)c4ccc(C(=O)N5CCC(O)(C(F)(F)F)CC5)cc4)cc3)C2)CC1. The van der Waals surface area contributed by atoms with Crippen LogP contribution in [0.3, 0.4) is 0 Å². The number of rotatable bonds is 12. The van der Waals surface area contributed by atoms with Crippen LogP contribution in [0, 0.1) is 17.7 Å². The highest BCUT2D eigenvalue weighted by molar-refractivity contribution is 7.91. The van der Waals surface area contributed by atoms with Crippen LogP contribution in [0.25, 0.3) is 0 Å². The summed E-state index contributed by atoms with van der Waals surface area (Å²) in [5, 5.41) is 13.1. The third kappa shape index (κ3) is 9.04. The van der Waals surface area contributed by atoms with Gasteiger partial charge in [-0.05, 0) is 136 Å². The highest BCUT2D eigenvalue weighted by atomic mass is 32.2. The summed E-state index contributed by atoms with van der Waals surface area (Å²) in [6.07, 6.45) is -1.16. The summed E-state index contributed by atoms with van der Waals surface area (Å²) in [5.74, 6) is -0.586. The van der Waals surface area contributed by atoms with E-state index in [-0.39, 0.29) is 71.8 Å². The number of carbonyl (C=O) groups is 2. The molecule has 5 aliphatic rings. The summed E-state index contributed by atoms with van der Waals surface area (Å²) in [6, 6.07) is 18.3. The first kappa shape index (κ1) is 45.3. The predicted octanol–water partition coefficient (Wildman–Crippen LogP) is 6.60. The number of amides is 2. The van der Waals surface area contributed by atoms with Gasteiger partial charge in [-0.25, -0.2) is 22.0 Å². The Balaban J connectivity index is 0.880. The van der Waals surface area contributed by atoms with E-state index in [1.807, 2.05) is 11.0 Å². The molecule has 342 valence electrons. The van der Waals surface area contributed by atoms with E-state index in [9.17, 15) is 36.3 Å². The molecule has 1 saturated carbocycles. The highest BCUT2D eigenvalue weighted by Crippen LogP contribution is 2.52. The molecule has 0 aromatic heterocycles. The first-order chi connectivity index (χ1) is 29.9. The highest BCUT2D eigenvalue weighted by Gasteiger charge is 2.56. The molecule has 1 aliphatic carbocycles. The molecule has 3 aromatic carbocycles.